The Labute approximate surface area is 145 Å². The van der Waals surface area contributed by atoms with Gasteiger partial charge in [-0.15, -0.1) is 0 Å². The maximum Gasteiger partial charge on any atom is 0.472 e. The fourth-order valence-corrected chi connectivity index (χ4v) is 2.59. The maximum atomic E-state index is 13.1. The van der Waals surface area contributed by atoms with E-state index in [1.807, 2.05) is 19.9 Å². The van der Waals surface area contributed by atoms with Crippen LogP contribution in [0.15, 0.2) is 54.6 Å². The predicted octanol–water partition coefficient (Wildman–Crippen LogP) is 4.76. The maximum absolute atomic E-state index is 13.1. The molecule has 0 heterocycles. The highest BCUT2D eigenvalue weighted by molar-refractivity contribution is 6.03. The minimum Gasteiger partial charge on any atom is -0.300 e. The van der Waals surface area contributed by atoms with E-state index in [1.165, 1.54) is 18.2 Å². The first-order valence-electron chi connectivity index (χ1n) is 8.14. The van der Waals surface area contributed by atoms with Crippen LogP contribution in [0.25, 0.3) is 0 Å². The van der Waals surface area contributed by atoms with Gasteiger partial charge in [-0.3, -0.25) is 14.6 Å². The molecule has 0 aromatic heterocycles. The van der Waals surface area contributed by atoms with Gasteiger partial charge in [0.1, 0.15) is 0 Å². The van der Waals surface area contributed by atoms with Crippen molar-refractivity contribution in [1.82, 2.24) is 4.90 Å². The summed E-state index contributed by atoms with van der Waals surface area (Å²) in [5, 5.41) is 0. The predicted molar refractivity (Wildman–Crippen MR) is 92.7 cm³/mol. The molecular weight excluding hydrogens is 329 g/mol. The Bertz CT molecular complexity index is 697. The Morgan fingerprint density at radius 1 is 0.920 bits per heavy atom. The molecule has 134 valence electrons. The normalized spacial score (nSPS) is 11.6. The zero-order valence-electron chi connectivity index (χ0n) is 14.3. The smallest absolute Gasteiger partial charge is 0.300 e. The van der Waals surface area contributed by atoms with Gasteiger partial charge < -0.3 is 0 Å². The molecule has 2 aromatic rings. The number of carbonyl (C=O) groups is 1. The number of amides is 1. The van der Waals surface area contributed by atoms with Crippen molar-refractivity contribution >= 4 is 17.3 Å². The number of para-hydroxylation sites is 1. The third-order valence-electron chi connectivity index (χ3n) is 3.93. The molecule has 0 aliphatic heterocycles. The highest BCUT2D eigenvalue weighted by Crippen LogP contribution is 2.31. The number of hydrogen-bond acceptors (Lipinski definition) is 2. The lowest BCUT2D eigenvalue weighted by atomic mass is 10.1. The topological polar surface area (TPSA) is 23.6 Å². The van der Waals surface area contributed by atoms with E-state index < -0.39 is 12.1 Å². The zero-order chi connectivity index (χ0) is 18.4. The van der Waals surface area contributed by atoms with Crippen molar-refractivity contribution < 1.29 is 18.0 Å². The van der Waals surface area contributed by atoms with Gasteiger partial charge in [-0.2, -0.15) is 13.2 Å². The van der Waals surface area contributed by atoms with Gasteiger partial charge in [-0.25, -0.2) is 0 Å². The highest BCUT2D eigenvalue weighted by Gasteiger charge is 2.43. The van der Waals surface area contributed by atoms with E-state index in [2.05, 4.69) is 4.90 Å². The van der Waals surface area contributed by atoms with Crippen molar-refractivity contribution in [1.29, 1.82) is 0 Å². The van der Waals surface area contributed by atoms with Crippen LogP contribution >= 0.6 is 0 Å². The molecule has 0 atom stereocenters. The molecule has 2 rings (SSSR count). The van der Waals surface area contributed by atoms with Gasteiger partial charge in [0, 0.05) is 17.9 Å². The third kappa shape index (κ3) is 4.82. The molecular formula is C19H21F3N2O. The van der Waals surface area contributed by atoms with Gasteiger partial charge in [-0.05, 0) is 42.9 Å². The van der Waals surface area contributed by atoms with Crippen LogP contribution in [-0.4, -0.2) is 30.1 Å². The summed E-state index contributed by atoms with van der Waals surface area (Å²) in [6, 6.07) is 14.5. The number of hydrogen-bond donors (Lipinski definition) is 0. The standard InChI is InChI=1S/C19H21F3N2O/c1-3-23(4-2)14-15-9-8-12-17(13-15)24(18(25)19(20,21)22)16-10-6-5-7-11-16/h5-13H,3-4,14H2,1-2H3. The molecule has 0 aliphatic rings. The van der Waals surface area contributed by atoms with E-state index in [0.29, 0.717) is 11.4 Å². The molecule has 6 heteroatoms. The van der Waals surface area contributed by atoms with Crippen LogP contribution in [0.4, 0.5) is 24.5 Å². The molecule has 0 N–H and O–H groups in total. The fourth-order valence-electron chi connectivity index (χ4n) is 2.59. The average Bonchev–Trinajstić information content (AvgIpc) is 2.60. The van der Waals surface area contributed by atoms with Crippen LogP contribution in [-0.2, 0) is 11.3 Å². The summed E-state index contributed by atoms with van der Waals surface area (Å²) in [5.41, 5.74) is 1.25. The first-order chi connectivity index (χ1) is 11.9. The zero-order valence-corrected chi connectivity index (χ0v) is 14.3. The van der Waals surface area contributed by atoms with Crippen LogP contribution in [0.2, 0.25) is 0 Å². The molecule has 3 nitrogen and oxygen atoms in total. The van der Waals surface area contributed by atoms with Crippen LogP contribution < -0.4 is 4.90 Å². The highest BCUT2D eigenvalue weighted by atomic mass is 19.4. The second-order valence-electron chi connectivity index (χ2n) is 5.61. The van der Waals surface area contributed by atoms with E-state index in [4.69, 9.17) is 0 Å². The summed E-state index contributed by atoms with van der Waals surface area (Å²) in [5.74, 6) is -1.90. The summed E-state index contributed by atoms with van der Waals surface area (Å²) in [6.07, 6.45) is -4.95. The van der Waals surface area contributed by atoms with E-state index in [1.54, 1.807) is 30.3 Å². The summed E-state index contributed by atoms with van der Waals surface area (Å²) < 4.78 is 39.3. The van der Waals surface area contributed by atoms with Gasteiger partial charge in [0.25, 0.3) is 0 Å². The Morgan fingerprint density at radius 2 is 1.52 bits per heavy atom. The summed E-state index contributed by atoms with van der Waals surface area (Å²) in [6.45, 7) is 6.34. The number of anilines is 2. The first-order valence-corrected chi connectivity index (χ1v) is 8.14. The number of nitrogens with zero attached hydrogens (tertiary/aromatic N) is 2. The number of halogens is 3. The molecule has 0 unspecified atom stereocenters. The second-order valence-corrected chi connectivity index (χ2v) is 5.61. The van der Waals surface area contributed by atoms with Crippen molar-refractivity contribution in [3.05, 3.63) is 60.2 Å². The third-order valence-corrected chi connectivity index (χ3v) is 3.93. The lowest BCUT2D eigenvalue weighted by Crippen LogP contribution is -2.38. The van der Waals surface area contributed by atoms with Crippen LogP contribution in [0.5, 0.6) is 0 Å². The molecule has 0 bridgehead atoms. The number of carbonyl (C=O) groups excluding carboxylic acids is 1. The van der Waals surface area contributed by atoms with Crippen molar-refractivity contribution in [2.24, 2.45) is 0 Å². The lowest BCUT2D eigenvalue weighted by molar-refractivity contribution is -0.169. The van der Waals surface area contributed by atoms with Gasteiger partial charge in [-0.1, -0.05) is 44.2 Å². The Balaban J connectivity index is 2.43. The monoisotopic (exact) mass is 350 g/mol. The summed E-state index contributed by atoms with van der Waals surface area (Å²) >= 11 is 0. The van der Waals surface area contributed by atoms with Crippen molar-refractivity contribution in [3.8, 4) is 0 Å². The van der Waals surface area contributed by atoms with Gasteiger partial charge in [0.15, 0.2) is 0 Å². The largest absolute Gasteiger partial charge is 0.472 e. The minimum absolute atomic E-state index is 0.185. The number of alkyl halides is 3. The van der Waals surface area contributed by atoms with E-state index in [9.17, 15) is 18.0 Å². The van der Waals surface area contributed by atoms with E-state index in [0.717, 1.165) is 18.7 Å². The molecule has 0 radical (unpaired) electrons. The SMILES string of the molecule is CCN(CC)Cc1cccc(N(C(=O)C(F)(F)F)c2ccccc2)c1. The quantitative estimate of drug-likeness (QED) is 0.750. The molecule has 1 amide bonds. The van der Waals surface area contributed by atoms with Gasteiger partial charge >= 0.3 is 12.1 Å². The molecule has 0 fully saturated rings. The fraction of sp³-hybridized carbons (Fsp3) is 0.316. The van der Waals surface area contributed by atoms with Gasteiger partial charge in [0.2, 0.25) is 0 Å². The molecule has 0 saturated carbocycles. The Morgan fingerprint density at radius 3 is 2.08 bits per heavy atom. The van der Waals surface area contributed by atoms with E-state index >= 15 is 0 Å². The molecule has 2 aromatic carbocycles. The molecule has 0 aliphatic carbocycles. The number of rotatable bonds is 6. The molecule has 25 heavy (non-hydrogen) atoms. The lowest BCUT2D eigenvalue weighted by Gasteiger charge is -2.25. The summed E-state index contributed by atoms with van der Waals surface area (Å²) in [4.78, 5) is 14.9. The van der Waals surface area contributed by atoms with E-state index in [-0.39, 0.29) is 11.4 Å². The Hall–Kier alpha value is -2.34. The average molecular weight is 350 g/mol. The number of benzene rings is 2. The molecule has 0 saturated heterocycles. The van der Waals surface area contributed by atoms with Crippen molar-refractivity contribution in [2.75, 3.05) is 18.0 Å². The molecule has 0 spiro atoms. The van der Waals surface area contributed by atoms with Gasteiger partial charge in [0.05, 0.1) is 0 Å². The van der Waals surface area contributed by atoms with Crippen LogP contribution in [0.1, 0.15) is 19.4 Å². The minimum atomic E-state index is -4.95. The van der Waals surface area contributed by atoms with Crippen LogP contribution in [0.3, 0.4) is 0 Å². The first kappa shape index (κ1) is 19.0. The van der Waals surface area contributed by atoms with Crippen molar-refractivity contribution in [2.45, 2.75) is 26.6 Å². The summed E-state index contributed by atoms with van der Waals surface area (Å²) in [7, 11) is 0. The van der Waals surface area contributed by atoms with Crippen molar-refractivity contribution in [3.63, 3.8) is 0 Å². The second kappa shape index (κ2) is 8.16. The Kier molecular flexibility index (Phi) is 6.20. The van der Waals surface area contributed by atoms with Crippen LogP contribution in [0, 0.1) is 0 Å².